The number of halogens is 1. The summed E-state index contributed by atoms with van der Waals surface area (Å²) in [5.74, 6) is -1.07. The first-order chi connectivity index (χ1) is 14.5. The lowest BCUT2D eigenvalue weighted by atomic mass is 9.95. The molecule has 0 aliphatic carbocycles. The molecule has 1 aliphatic rings. The van der Waals surface area contributed by atoms with Crippen LogP contribution in [0, 0.1) is 0 Å². The third kappa shape index (κ3) is 3.44. The van der Waals surface area contributed by atoms with Crippen molar-refractivity contribution in [1.82, 2.24) is 0 Å². The number of aliphatic hydroxyl groups is 1. The number of hydrogen-bond acceptors (Lipinski definition) is 4. The number of amides is 1. The van der Waals surface area contributed by atoms with Gasteiger partial charge in [-0.2, -0.15) is 0 Å². The molecular formula is C24H18ClNO4. The van der Waals surface area contributed by atoms with Crippen molar-refractivity contribution in [2.24, 2.45) is 0 Å². The van der Waals surface area contributed by atoms with Crippen molar-refractivity contribution >= 4 is 34.7 Å². The minimum Gasteiger partial charge on any atom is -0.507 e. The summed E-state index contributed by atoms with van der Waals surface area (Å²) in [5, 5.41) is 11.6. The van der Waals surface area contributed by atoms with Crippen molar-refractivity contribution in [2.75, 3.05) is 12.0 Å². The van der Waals surface area contributed by atoms with Gasteiger partial charge in [-0.25, -0.2) is 0 Å². The fourth-order valence-corrected chi connectivity index (χ4v) is 3.68. The third-order valence-corrected chi connectivity index (χ3v) is 5.28. The van der Waals surface area contributed by atoms with E-state index in [-0.39, 0.29) is 11.3 Å². The molecule has 1 amide bonds. The van der Waals surface area contributed by atoms with Gasteiger partial charge in [-0.05, 0) is 54.1 Å². The number of benzene rings is 3. The number of carbonyl (C=O) groups excluding carboxylic acids is 2. The minimum absolute atomic E-state index is 0.0244. The number of anilines is 1. The van der Waals surface area contributed by atoms with Crippen LogP contribution in [0.2, 0.25) is 5.02 Å². The first-order valence-corrected chi connectivity index (χ1v) is 9.65. The number of aliphatic hydroxyl groups excluding tert-OH is 1. The molecule has 5 nitrogen and oxygen atoms in total. The summed E-state index contributed by atoms with van der Waals surface area (Å²) < 4.78 is 5.15. The van der Waals surface area contributed by atoms with Crippen LogP contribution in [0.15, 0.2) is 84.4 Å². The molecule has 4 rings (SSSR count). The lowest BCUT2D eigenvalue weighted by molar-refractivity contribution is -0.132. The Bertz CT molecular complexity index is 1120. The van der Waals surface area contributed by atoms with Gasteiger partial charge in [0.25, 0.3) is 11.7 Å². The zero-order chi connectivity index (χ0) is 21.3. The number of ketones is 1. The maximum Gasteiger partial charge on any atom is 0.300 e. The standard InChI is InChI=1S/C24H18ClNO4/c1-30-19-13-9-16(10-14-19)22(27)20-21(15-7-11-17(25)12-8-15)26(24(29)23(20)28)18-5-3-2-4-6-18/h2-14,21,27H,1H3/b22-20-. The Morgan fingerprint density at radius 1 is 0.933 bits per heavy atom. The SMILES string of the molecule is COc1ccc(/C(O)=C2/C(=O)C(=O)N(c3ccccc3)C2c2ccc(Cl)cc2)cc1. The van der Waals surface area contributed by atoms with Crippen LogP contribution >= 0.6 is 11.6 Å². The zero-order valence-corrected chi connectivity index (χ0v) is 16.8. The maximum absolute atomic E-state index is 13.0. The first-order valence-electron chi connectivity index (χ1n) is 9.27. The summed E-state index contributed by atoms with van der Waals surface area (Å²) >= 11 is 6.03. The highest BCUT2D eigenvalue weighted by Crippen LogP contribution is 2.42. The van der Waals surface area contributed by atoms with Crippen LogP contribution in [0.5, 0.6) is 5.75 Å². The second-order valence-corrected chi connectivity index (χ2v) is 7.22. The van der Waals surface area contributed by atoms with Gasteiger partial charge < -0.3 is 9.84 Å². The van der Waals surface area contributed by atoms with Gasteiger partial charge in [0, 0.05) is 16.3 Å². The molecule has 0 spiro atoms. The summed E-state index contributed by atoms with van der Waals surface area (Å²) in [4.78, 5) is 27.4. The van der Waals surface area contributed by atoms with Gasteiger partial charge in [0.15, 0.2) is 0 Å². The Morgan fingerprint density at radius 3 is 2.17 bits per heavy atom. The third-order valence-electron chi connectivity index (χ3n) is 5.03. The van der Waals surface area contributed by atoms with Crippen LogP contribution in [0.1, 0.15) is 17.2 Å². The molecular weight excluding hydrogens is 402 g/mol. The van der Waals surface area contributed by atoms with Gasteiger partial charge in [0.05, 0.1) is 18.7 Å². The van der Waals surface area contributed by atoms with Gasteiger partial charge in [-0.1, -0.05) is 41.9 Å². The van der Waals surface area contributed by atoms with Crippen molar-refractivity contribution in [3.63, 3.8) is 0 Å². The molecule has 1 N–H and O–H groups in total. The molecule has 3 aromatic carbocycles. The Hall–Kier alpha value is -3.57. The molecule has 1 atom stereocenters. The van der Waals surface area contributed by atoms with Crippen LogP contribution < -0.4 is 9.64 Å². The van der Waals surface area contributed by atoms with E-state index in [0.717, 1.165) is 0 Å². The molecule has 3 aromatic rings. The van der Waals surface area contributed by atoms with E-state index in [4.69, 9.17) is 16.3 Å². The van der Waals surface area contributed by atoms with E-state index >= 15 is 0 Å². The first kappa shape index (κ1) is 19.7. The number of hydrogen-bond donors (Lipinski definition) is 1. The molecule has 1 heterocycles. The molecule has 1 fully saturated rings. The fraction of sp³-hybridized carbons (Fsp3) is 0.0833. The van der Waals surface area contributed by atoms with E-state index in [1.807, 2.05) is 6.07 Å². The minimum atomic E-state index is -0.785. The number of ether oxygens (including phenoxy) is 1. The van der Waals surface area contributed by atoms with E-state index in [9.17, 15) is 14.7 Å². The highest BCUT2D eigenvalue weighted by atomic mass is 35.5. The number of rotatable bonds is 4. The normalized spacial score (nSPS) is 17.9. The summed E-state index contributed by atoms with van der Waals surface area (Å²) in [6.07, 6.45) is 0. The molecule has 1 aliphatic heterocycles. The molecule has 0 aromatic heterocycles. The van der Waals surface area contributed by atoms with Gasteiger partial charge in [-0.15, -0.1) is 0 Å². The molecule has 1 saturated heterocycles. The number of methoxy groups -OCH3 is 1. The van der Waals surface area contributed by atoms with Gasteiger partial charge in [-0.3, -0.25) is 14.5 Å². The number of para-hydroxylation sites is 1. The van der Waals surface area contributed by atoms with Crippen molar-refractivity contribution in [3.05, 3.63) is 101 Å². The van der Waals surface area contributed by atoms with Crippen molar-refractivity contribution in [2.45, 2.75) is 6.04 Å². The maximum atomic E-state index is 13.0. The molecule has 0 radical (unpaired) electrons. The largest absolute Gasteiger partial charge is 0.507 e. The molecule has 6 heteroatoms. The van der Waals surface area contributed by atoms with E-state index in [2.05, 4.69) is 0 Å². The van der Waals surface area contributed by atoms with E-state index in [1.54, 1.807) is 79.9 Å². The Labute approximate surface area is 178 Å². The molecule has 0 saturated carbocycles. The predicted molar refractivity (Wildman–Crippen MR) is 116 cm³/mol. The Kier molecular flexibility index (Phi) is 5.29. The van der Waals surface area contributed by atoms with Gasteiger partial charge >= 0.3 is 0 Å². The quantitative estimate of drug-likeness (QED) is 0.368. The second kappa shape index (κ2) is 8.05. The zero-order valence-electron chi connectivity index (χ0n) is 16.1. The lowest BCUT2D eigenvalue weighted by Crippen LogP contribution is -2.29. The van der Waals surface area contributed by atoms with Gasteiger partial charge in [0.2, 0.25) is 0 Å². The van der Waals surface area contributed by atoms with Crippen LogP contribution in [-0.2, 0) is 9.59 Å². The van der Waals surface area contributed by atoms with Crippen molar-refractivity contribution in [1.29, 1.82) is 0 Å². The lowest BCUT2D eigenvalue weighted by Gasteiger charge is -2.25. The van der Waals surface area contributed by atoms with Crippen molar-refractivity contribution < 1.29 is 19.4 Å². The molecule has 150 valence electrons. The summed E-state index contributed by atoms with van der Waals surface area (Å²) in [6.45, 7) is 0. The van der Waals surface area contributed by atoms with Crippen molar-refractivity contribution in [3.8, 4) is 5.75 Å². The van der Waals surface area contributed by atoms with E-state index in [0.29, 0.717) is 27.6 Å². The summed E-state index contributed by atoms with van der Waals surface area (Å²) in [7, 11) is 1.54. The van der Waals surface area contributed by atoms with Crippen LogP contribution in [0.3, 0.4) is 0 Å². The van der Waals surface area contributed by atoms with Crippen LogP contribution in [-0.4, -0.2) is 23.9 Å². The molecule has 0 bridgehead atoms. The monoisotopic (exact) mass is 419 g/mol. The molecule has 1 unspecified atom stereocenters. The van der Waals surface area contributed by atoms with E-state index < -0.39 is 17.7 Å². The van der Waals surface area contributed by atoms with Gasteiger partial charge in [0.1, 0.15) is 11.5 Å². The smallest absolute Gasteiger partial charge is 0.300 e. The van der Waals surface area contributed by atoms with Crippen LogP contribution in [0.25, 0.3) is 5.76 Å². The highest BCUT2D eigenvalue weighted by molar-refractivity contribution is 6.51. The number of carbonyl (C=O) groups is 2. The summed E-state index contributed by atoms with van der Waals surface area (Å²) in [6, 6.07) is 21.6. The second-order valence-electron chi connectivity index (χ2n) is 6.78. The average Bonchev–Trinajstić information content (AvgIpc) is 3.05. The van der Waals surface area contributed by atoms with E-state index in [1.165, 1.54) is 4.90 Å². The average molecular weight is 420 g/mol. The summed E-state index contributed by atoms with van der Waals surface area (Å²) in [5.41, 5.74) is 1.67. The fourth-order valence-electron chi connectivity index (χ4n) is 3.55. The Balaban J connectivity index is 1.91. The number of Topliss-reactive ketones (excluding diaryl/α,β-unsaturated/α-hetero) is 1. The van der Waals surface area contributed by atoms with Crippen LogP contribution in [0.4, 0.5) is 5.69 Å². The highest BCUT2D eigenvalue weighted by Gasteiger charge is 2.46. The number of nitrogens with zero attached hydrogens (tertiary/aromatic N) is 1. The predicted octanol–water partition coefficient (Wildman–Crippen LogP) is 4.97. The Morgan fingerprint density at radius 2 is 1.57 bits per heavy atom. The topological polar surface area (TPSA) is 66.8 Å². The molecule has 30 heavy (non-hydrogen) atoms.